The highest BCUT2D eigenvalue weighted by atomic mass is 16.5. The normalized spacial score (nSPS) is 32.7. The Bertz CT molecular complexity index is 257. The van der Waals surface area contributed by atoms with Crippen LogP contribution in [0.25, 0.3) is 0 Å². The van der Waals surface area contributed by atoms with Crippen LogP contribution in [0, 0.1) is 0 Å². The molecule has 0 amide bonds. The van der Waals surface area contributed by atoms with Crippen molar-refractivity contribution in [2.75, 3.05) is 14.1 Å². The van der Waals surface area contributed by atoms with Gasteiger partial charge in [0.15, 0.2) is 0 Å². The van der Waals surface area contributed by atoms with Crippen molar-refractivity contribution >= 4 is 0 Å². The van der Waals surface area contributed by atoms with Crippen molar-refractivity contribution in [3.63, 3.8) is 0 Å². The summed E-state index contributed by atoms with van der Waals surface area (Å²) < 4.78 is 11.1. The number of ether oxygens (including phenoxy) is 2. The van der Waals surface area contributed by atoms with Gasteiger partial charge >= 0.3 is 0 Å². The molecule has 0 atom stereocenters. The van der Waals surface area contributed by atoms with E-state index in [-0.39, 0.29) is 0 Å². The lowest BCUT2D eigenvalue weighted by Crippen LogP contribution is -2.45. The Balaban J connectivity index is 0.000000204. The summed E-state index contributed by atoms with van der Waals surface area (Å²) in [6, 6.07) is 1.17. The Kier molecular flexibility index (Phi) is 7.45. The molecule has 0 bridgehead atoms. The lowest BCUT2D eigenvalue weighted by atomic mass is 9.88. The quantitative estimate of drug-likeness (QED) is 0.843. The van der Waals surface area contributed by atoms with Crippen LogP contribution in [-0.4, -0.2) is 55.5 Å². The number of hydrogen-bond acceptors (Lipinski definition) is 4. The summed E-state index contributed by atoms with van der Waals surface area (Å²) >= 11 is 0. The number of rotatable bonds is 5. The van der Waals surface area contributed by atoms with Crippen molar-refractivity contribution in [1.82, 2.24) is 4.90 Å². The molecule has 0 aromatic rings. The van der Waals surface area contributed by atoms with E-state index in [0.29, 0.717) is 30.5 Å². The first kappa shape index (κ1) is 17.9. The molecule has 2 N–H and O–H groups in total. The third kappa shape index (κ3) is 6.53. The molecule has 120 valence electrons. The minimum absolute atomic E-state index is 0.363. The number of hydrogen-bond donors (Lipinski definition) is 1. The van der Waals surface area contributed by atoms with Crippen molar-refractivity contribution in [3.8, 4) is 0 Å². The lowest BCUT2D eigenvalue weighted by Gasteiger charge is -2.40. The molecule has 0 saturated heterocycles. The molecule has 0 radical (unpaired) electrons. The summed E-state index contributed by atoms with van der Waals surface area (Å²) in [5.41, 5.74) is 5.56. The largest absolute Gasteiger partial charge is 0.375 e. The second kappa shape index (κ2) is 8.32. The van der Waals surface area contributed by atoms with E-state index in [1.54, 1.807) is 0 Å². The van der Waals surface area contributed by atoms with Gasteiger partial charge in [0.2, 0.25) is 0 Å². The zero-order chi connectivity index (χ0) is 15.3. The smallest absolute Gasteiger partial charge is 0.0608 e. The predicted molar refractivity (Wildman–Crippen MR) is 83.9 cm³/mol. The maximum absolute atomic E-state index is 5.64. The third-order valence-electron chi connectivity index (χ3n) is 3.86. The molecule has 2 aliphatic carbocycles. The highest BCUT2D eigenvalue weighted by Gasteiger charge is 2.31. The molecule has 4 nitrogen and oxygen atoms in total. The van der Waals surface area contributed by atoms with Crippen LogP contribution in [0.2, 0.25) is 0 Å². The van der Waals surface area contributed by atoms with E-state index in [1.807, 2.05) is 0 Å². The van der Waals surface area contributed by atoms with E-state index in [4.69, 9.17) is 15.2 Å². The molecule has 0 aliphatic heterocycles. The van der Waals surface area contributed by atoms with Gasteiger partial charge in [0.1, 0.15) is 0 Å². The topological polar surface area (TPSA) is 47.7 Å². The second-order valence-electron chi connectivity index (χ2n) is 6.93. The molecule has 4 heteroatoms. The standard InChI is InChI=1S/C9H19NO.C7H15NO/c1-7(2)11-9-5-8(6-9)10(3)4;1-5(2)9-7-3-6(8)4-7/h7-9H,5-6H2,1-4H3;5-7H,3-4,8H2,1-2H3. The number of nitrogens with two attached hydrogens (primary N) is 1. The van der Waals surface area contributed by atoms with Crippen molar-refractivity contribution in [2.24, 2.45) is 5.73 Å². The van der Waals surface area contributed by atoms with Gasteiger partial charge in [-0.1, -0.05) is 0 Å². The van der Waals surface area contributed by atoms with Gasteiger partial charge in [0.05, 0.1) is 24.4 Å². The zero-order valence-corrected chi connectivity index (χ0v) is 14.1. The fourth-order valence-corrected chi connectivity index (χ4v) is 2.56. The average Bonchev–Trinajstić information content (AvgIpc) is 2.20. The minimum Gasteiger partial charge on any atom is -0.375 e. The van der Waals surface area contributed by atoms with E-state index in [9.17, 15) is 0 Å². The van der Waals surface area contributed by atoms with Crippen molar-refractivity contribution in [1.29, 1.82) is 0 Å². The fraction of sp³-hybridized carbons (Fsp3) is 1.00. The van der Waals surface area contributed by atoms with Gasteiger partial charge in [0, 0.05) is 12.1 Å². The summed E-state index contributed by atoms with van der Waals surface area (Å²) in [5.74, 6) is 0. The van der Waals surface area contributed by atoms with Crippen molar-refractivity contribution in [3.05, 3.63) is 0 Å². The monoisotopic (exact) mass is 286 g/mol. The Labute approximate surface area is 125 Å². The Hall–Kier alpha value is -0.160. The van der Waals surface area contributed by atoms with Crippen molar-refractivity contribution < 1.29 is 9.47 Å². The summed E-state index contributed by atoms with van der Waals surface area (Å²) in [6.07, 6.45) is 6.28. The van der Waals surface area contributed by atoms with E-state index < -0.39 is 0 Å². The van der Waals surface area contributed by atoms with E-state index in [0.717, 1.165) is 18.9 Å². The highest BCUT2D eigenvalue weighted by Crippen LogP contribution is 2.27. The van der Waals surface area contributed by atoms with E-state index in [1.165, 1.54) is 12.8 Å². The summed E-state index contributed by atoms with van der Waals surface area (Å²) in [4.78, 5) is 2.28. The molecular weight excluding hydrogens is 252 g/mol. The zero-order valence-electron chi connectivity index (χ0n) is 14.1. The second-order valence-corrected chi connectivity index (χ2v) is 6.93. The van der Waals surface area contributed by atoms with E-state index >= 15 is 0 Å². The maximum Gasteiger partial charge on any atom is 0.0608 e. The van der Waals surface area contributed by atoms with Crippen LogP contribution in [0.5, 0.6) is 0 Å². The SMILES string of the molecule is CC(C)OC1CC(N(C)C)C1.CC(C)OC1CC(N)C1. The molecule has 2 rings (SSSR count). The first-order valence-electron chi connectivity index (χ1n) is 8.00. The lowest BCUT2D eigenvalue weighted by molar-refractivity contribution is -0.0682. The summed E-state index contributed by atoms with van der Waals surface area (Å²) in [6.45, 7) is 8.32. The van der Waals surface area contributed by atoms with Crippen LogP contribution in [0.15, 0.2) is 0 Å². The average molecular weight is 286 g/mol. The van der Waals surface area contributed by atoms with Crippen LogP contribution in [0.3, 0.4) is 0 Å². The van der Waals surface area contributed by atoms with Gasteiger partial charge in [-0.25, -0.2) is 0 Å². The van der Waals surface area contributed by atoms with Crippen LogP contribution in [0.4, 0.5) is 0 Å². The highest BCUT2D eigenvalue weighted by molar-refractivity contribution is 4.86. The van der Waals surface area contributed by atoms with Crippen LogP contribution < -0.4 is 5.73 Å². The molecule has 2 saturated carbocycles. The van der Waals surface area contributed by atoms with Crippen molar-refractivity contribution in [2.45, 2.75) is 89.9 Å². The van der Waals surface area contributed by atoms with Crippen LogP contribution in [-0.2, 0) is 9.47 Å². The predicted octanol–water partition coefficient (Wildman–Crippen LogP) is 2.41. The maximum atomic E-state index is 5.64. The number of nitrogens with zero attached hydrogens (tertiary/aromatic N) is 1. The molecule has 0 spiro atoms. The van der Waals surface area contributed by atoms with E-state index in [2.05, 4.69) is 46.7 Å². The van der Waals surface area contributed by atoms with Gasteiger partial charge < -0.3 is 20.1 Å². The first-order valence-corrected chi connectivity index (χ1v) is 8.00. The third-order valence-corrected chi connectivity index (χ3v) is 3.86. The van der Waals surface area contributed by atoms with Crippen LogP contribution >= 0.6 is 0 Å². The molecule has 0 aromatic carbocycles. The molecule has 2 aliphatic rings. The summed E-state index contributed by atoms with van der Waals surface area (Å²) in [7, 11) is 4.27. The van der Waals surface area contributed by atoms with Gasteiger partial charge in [0.25, 0.3) is 0 Å². The fourth-order valence-electron chi connectivity index (χ4n) is 2.56. The molecule has 0 unspecified atom stereocenters. The van der Waals surface area contributed by atoms with Gasteiger partial charge in [-0.3, -0.25) is 0 Å². The first-order chi connectivity index (χ1) is 9.27. The minimum atomic E-state index is 0.363. The Morgan fingerprint density at radius 3 is 1.55 bits per heavy atom. The van der Waals surface area contributed by atoms with Gasteiger partial charge in [-0.05, 0) is 67.5 Å². The molecule has 0 aromatic heterocycles. The molecule has 2 fully saturated rings. The molecular formula is C16H34N2O2. The van der Waals surface area contributed by atoms with Gasteiger partial charge in [-0.2, -0.15) is 0 Å². The Morgan fingerprint density at radius 1 is 0.850 bits per heavy atom. The van der Waals surface area contributed by atoms with Crippen LogP contribution in [0.1, 0.15) is 53.4 Å². The van der Waals surface area contributed by atoms with Gasteiger partial charge in [-0.15, -0.1) is 0 Å². The Morgan fingerprint density at radius 2 is 1.25 bits per heavy atom. The molecule has 0 heterocycles. The summed E-state index contributed by atoms with van der Waals surface area (Å²) in [5, 5.41) is 0. The molecule has 20 heavy (non-hydrogen) atoms.